The largest absolute Gasteiger partial charge is 0.492 e. The smallest absolute Gasteiger partial charge is 0.407 e. The summed E-state index contributed by atoms with van der Waals surface area (Å²) in [5, 5.41) is 2.65. The van der Waals surface area contributed by atoms with Crippen molar-refractivity contribution < 1.29 is 37.3 Å². The van der Waals surface area contributed by atoms with Gasteiger partial charge in [0.2, 0.25) is 0 Å². The monoisotopic (exact) mass is 712 g/mol. The van der Waals surface area contributed by atoms with Gasteiger partial charge in [-0.1, -0.05) is 45.0 Å². The van der Waals surface area contributed by atoms with Crippen LogP contribution in [-0.2, 0) is 26.1 Å². The van der Waals surface area contributed by atoms with Gasteiger partial charge in [-0.2, -0.15) is 0 Å². The van der Waals surface area contributed by atoms with Gasteiger partial charge in [0.15, 0.2) is 6.10 Å². The molecule has 1 amide bonds. The molecule has 11 heteroatoms. The normalized spacial score (nSPS) is 17.5. The van der Waals surface area contributed by atoms with E-state index in [1.54, 1.807) is 6.92 Å². The number of ether oxygens (including phenoxy) is 4. The number of halogens is 2. The lowest BCUT2D eigenvalue weighted by atomic mass is 9.87. The molecule has 1 aliphatic carbocycles. The van der Waals surface area contributed by atoms with E-state index in [0.29, 0.717) is 36.0 Å². The van der Waals surface area contributed by atoms with Crippen LogP contribution in [0.3, 0.4) is 0 Å². The van der Waals surface area contributed by atoms with Crippen LogP contribution in [-0.4, -0.2) is 60.9 Å². The standard InChI is InChI=1S/C28H39NO6.C11H11F2NS/c1-8-32-25(30)24(34-23-15-11-21(12-16-23)27(2,3)4)19-20-9-13-22(14-10-20)33-18-17-29-26(31)35-28(5,6)7;12-9-2-10(13)4-11(3-9)15-14-5-7-1-8(7)6-14/h9-16,24H,8,17-19H2,1-7H3,(H,29,31);2-4,7-8H,1,5-6H2/t24-;7-,8?/m00/s1. The summed E-state index contributed by atoms with van der Waals surface area (Å²) < 4.78 is 50.1. The van der Waals surface area contributed by atoms with Gasteiger partial charge in [-0.3, -0.25) is 0 Å². The van der Waals surface area contributed by atoms with Gasteiger partial charge < -0.3 is 24.3 Å². The van der Waals surface area contributed by atoms with Crippen LogP contribution in [0.25, 0.3) is 0 Å². The van der Waals surface area contributed by atoms with E-state index in [1.165, 1.54) is 36.1 Å². The Morgan fingerprint density at radius 2 is 1.50 bits per heavy atom. The van der Waals surface area contributed by atoms with E-state index in [0.717, 1.165) is 36.6 Å². The number of nitrogens with zero attached hydrogens (tertiary/aromatic N) is 1. The number of alkyl carbamates (subject to hydrolysis) is 1. The summed E-state index contributed by atoms with van der Waals surface area (Å²) in [5.74, 6) is 1.57. The van der Waals surface area contributed by atoms with Gasteiger partial charge in [0.05, 0.1) is 13.2 Å². The number of hydrogen-bond acceptors (Lipinski definition) is 8. The molecule has 3 atom stereocenters. The minimum absolute atomic E-state index is 0.0364. The molecule has 1 aliphatic heterocycles. The lowest BCUT2D eigenvalue weighted by Gasteiger charge is -2.21. The molecule has 2 fully saturated rings. The first-order valence-electron chi connectivity index (χ1n) is 17.1. The molecule has 1 saturated carbocycles. The molecule has 272 valence electrons. The molecule has 2 aliphatic rings. The van der Waals surface area contributed by atoms with Crippen molar-refractivity contribution >= 4 is 24.0 Å². The topological polar surface area (TPSA) is 86.3 Å². The molecule has 0 spiro atoms. The molecule has 0 bridgehead atoms. The average Bonchev–Trinajstić information content (AvgIpc) is 3.63. The van der Waals surface area contributed by atoms with Gasteiger partial charge in [0.25, 0.3) is 0 Å². The van der Waals surface area contributed by atoms with Gasteiger partial charge in [0, 0.05) is 30.5 Å². The van der Waals surface area contributed by atoms with E-state index in [1.807, 2.05) is 69.3 Å². The second-order valence-corrected chi connectivity index (χ2v) is 15.7. The number of carbonyl (C=O) groups excluding carboxylic acids is 2. The van der Waals surface area contributed by atoms with Crippen LogP contribution >= 0.6 is 11.9 Å². The quantitative estimate of drug-likeness (QED) is 0.114. The Kier molecular flexibility index (Phi) is 13.6. The number of nitrogens with one attached hydrogen (secondary N) is 1. The number of carbonyl (C=O) groups is 2. The molecular weight excluding hydrogens is 663 g/mol. The van der Waals surface area contributed by atoms with Crippen molar-refractivity contribution in [2.24, 2.45) is 11.8 Å². The Bertz CT molecular complexity index is 1530. The third kappa shape index (κ3) is 13.1. The SMILES string of the molecule is CCOC(=O)[C@H](Cc1ccc(OCCNC(=O)OC(C)(C)C)cc1)Oc1ccc(C(C)(C)C)cc1.Fc1cc(F)cc(SN2CC3C[C@H]3C2)c1. The molecule has 1 N–H and O–H groups in total. The van der Waals surface area contributed by atoms with Crippen molar-refractivity contribution in [2.45, 2.75) is 83.3 Å². The van der Waals surface area contributed by atoms with Crippen LogP contribution in [0, 0.1) is 23.5 Å². The molecule has 3 aromatic carbocycles. The minimum atomic E-state index is -0.764. The van der Waals surface area contributed by atoms with Crippen molar-refractivity contribution in [1.82, 2.24) is 9.62 Å². The number of amides is 1. The fraction of sp³-hybridized carbons (Fsp3) is 0.487. The highest BCUT2D eigenvalue weighted by molar-refractivity contribution is 7.97. The van der Waals surface area contributed by atoms with Crippen molar-refractivity contribution in [1.29, 1.82) is 0 Å². The summed E-state index contributed by atoms with van der Waals surface area (Å²) in [4.78, 5) is 24.9. The zero-order chi connectivity index (χ0) is 36.5. The van der Waals surface area contributed by atoms with Crippen LogP contribution in [0.1, 0.15) is 66.0 Å². The van der Waals surface area contributed by atoms with E-state index in [-0.39, 0.29) is 12.0 Å². The lowest BCUT2D eigenvalue weighted by Crippen LogP contribution is -2.34. The summed E-state index contributed by atoms with van der Waals surface area (Å²) in [5.41, 5.74) is 1.60. The Morgan fingerprint density at radius 3 is 2.06 bits per heavy atom. The minimum Gasteiger partial charge on any atom is -0.492 e. The van der Waals surface area contributed by atoms with Crippen molar-refractivity contribution in [3.05, 3.63) is 89.5 Å². The predicted octanol–water partition coefficient (Wildman–Crippen LogP) is 8.36. The maximum absolute atomic E-state index is 12.9. The van der Waals surface area contributed by atoms with E-state index in [2.05, 4.69) is 30.4 Å². The molecule has 0 aromatic heterocycles. The number of piperidine rings is 1. The fourth-order valence-corrected chi connectivity index (χ4v) is 6.50. The summed E-state index contributed by atoms with van der Waals surface area (Å²) in [6, 6.07) is 18.9. The average molecular weight is 713 g/mol. The number of rotatable bonds is 12. The molecule has 1 heterocycles. The molecule has 1 saturated heterocycles. The molecule has 5 rings (SSSR count). The number of esters is 1. The zero-order valence-corrected chi connectivity index (χ0v) is 30.9. The molecule has 8 nitrogen and oxygen atoms in total. The highest BCUT2D eigenvalue weighted by Crippen LogP contribution is 2.48. The van der Waals surface area contributed by atoms with Gasteiger partial charge in [0.1, 0.15) is 35.3 Å². The predicted molar refractivity (Wildman–Crippen MR) is 191 cm³/mol. The summed E-state index contributed by atoms with van der Waals surface area (Å²) in [7, 11) is 0. The zero-order valence-electron chi connectivity index (χ0n) is 30.1. The van der Waals surface area contributed by atoms with Crippen molar-refractivity contribution in [3.63, 3.8) is 0 Å². The van der Waals surface area contributed by atoms with Crippen LogP contribution in [0.15, 0.2) is 71.6 Å². The Labute approximate surface area is 299 Å². The maximum atomic E-state index is 12.9. The third-order valence-electron chi connectivity index (χ3n) is 7.95. The van der Waals surface area contributed by atoms with Gasteiger partial charge in [-0.15, -0.1) is 0 Å². The third-order valence-corrected chi connectivity index (χ3v) is 8.95. The Hall–Kier alpha value is -3.83. The molecular formula is C39H50F2N2O6S. The van der Waals surface area contributed by atoms with E-state index >= 15 is 0 Å². The molecule has 50 heavy (non-hydrogen) atoms. The summed E-state index contributed by atoms with van der Waals surface area (Å²) >= 11 is 1.47. The van der Waals surface area contributed by atoms with Crippen LogP contribution in [0.2, 0.25) is 0 Å². The molecule has 3 aromatic rings. The van der Waals surface area contributed by atoms with Crippen LogP contribution in [0.5, 0.6) is 11.5 Å². The first-order chi connectivity index (χ1) is 23.6. The van der Waals surface area contributed by atoms with E-state index < -0.39 is 35.4 Å². The highest BCUT2D eigenvalue weighted by Gasteiger charge is 2.45. The number of fused-ring (bicyclic) bond motifs is 1. The van der Waals surface area contributed by atoms with Gasteiger partial charge >= 0.3 is 12.1 Å². The highest BCUT2D eigenvalue weighted by atomic mass is 32.2. The lowest BCUT2D eigenvalue weighted by molar-refractivity contribution is -0.151. The van der Waals surface area contributed by atoms with Gasteiger partial charge in [-0.05, 0) is 111 Å². The maximum Gasteiger partial charge on any atom is 0.407 e. The second kappa shape index (κ2) is 17.4. The Morgan fingerprint density at radius 1 is 0.900 bits per heavy atom. The van der Waals surface area contributed by atoms with Crippen LogP contribution < -0.4 is 14.8 Å². The number of benzene rings is 3. The van der Waals surface area contributed by atoms with Gasteiger partial charge in [-0.25, -0.2) is 22.7 Å². The fourth-order valence-electron chi connectivity index (χ4n) is 5.34. The summed E-state index contributed by atoms with van der Waals surface area (Å²) in [6.45, 7) is 16.7. The van der Waals surface area contributed by atoms with Crippen LogP contribution in [0.4, 0.5) is 13.6 Å². The molecule has 1 unspecified atom stereocenters. The van der Waals surface area contributed by atoms with E-state index in [4.69, 9.17) is 18.9 Å². The second-order valence-electron chi connectivity index (χ2n) is 14.6. The van der Waals surface area contributed by atoms with E-state index in [9.17, 15) is 18.4 Å². The first-order valence-corrected chi connectivity index (χ1v) is 17.9. The summed E-state index contributed by atoms with van der Waals surface area (Å²) in [6.07, 6.45) is 0.462. The first kappa shape index (κ1) is 39.0. The Balaban J connectivity index is 0.000000306. The molecule has 0 radical (unpaired) electrons. The number of hydrogen-bond donors (Lipinski definition) is 1. The van der Waals surface area contributed by atoms with Crippen molar-refractivity contribution in [3.8, 4) is 11.5 Å². The van der Waals surface area contributed by atoms with Crippen molar-refractivity contribution in [2.75, 3.05) is 32.8 Å².